The van der Waals surface area contributed by atoms with Crippen molar-refractivity contribution in [3.05, 3.63) is 34.3 Å². The number of carbonyl (C=O) groups excluding carboxylic acids is 1. The summed E-state index contributed by atoms with van der Waals surface area (Å²) in [6.45, 7) is 5.57. The molecule has 0 N–H and O–H groups in total. The normalized spacial score (nSPS) is 14.7. The summed E-state index contributed by atoms with van der Waals surface area (Å²) in [7, 11) is 0. The van der Waals surface area contributed by atoms with Crippen molar-refractivity contribution < 1.29 is 4.79 Å². The Morgan fingerprint density at radius 1 is 1.47 bits per heavy atom. The molecule has 0 aliphatic heterocycles. The molecule has 1 aromatic carbocycles. The fraction of sp³-hybridized carbons (Fsp3) is 0.417. The number of benzene rings is 1. The molecular formula is C12H14BrClO. The smallest absolute Gasteiger partial charge is 0.144 e. The SMILES string of the molecule is CC(=O)C(Br)C(C)c1ccc(C)c(Cl)c1. The summed E-state index contributed by atoms with van der Waals surface area (Å²) < 4.78 is 0. The highest BCUT2D eigenvalue weighted by molar-refractivity contribution is 9.10. The van der Waals surface area contributed by atoms with E-state index >= 15 is 0 Å². The van der Waals surface area contributed by atoms with E-state index in [2.05, 4.69) is 15.9 Å². The van der Waals surface area contributed by atoms with Gasteiger partial charge in [-0.05, 0) is 31.0 Å². The molecule has 2 unspecified atom stereocenters. The van der Waals surface area contributed by atoms with Gasteiger partial charge in [0.05, 0.1) is 4.83 Å². The number of Topliss-reactive ketones (excluding diaryl/α,β-unsaturated/α-hetero) is 1. The summed E-state index contributed by atoms with van der Waals surface area (Å²) in [6.07, 6.45) is 0. The average molecular weight is 290 g/mol. The molecule has 3 heteroatoms. The Morgan fingerprint density at radius 3 is 2.53 bits per heavy atom. The standard InChI is InChI=1S/C12H14BrClO/c1-7-4-5-10(6-11(7)14)8(2)12(13)9(3)15/h4-6,8,12H,1-3H3. The van der Waals surface area contributed by atoms with E-state index in [4.69, 9.17) is 11.6 Å². The first-order chi connectivity index (χ1) is 6.93. The number of rotatable bonds is 3. The zero-order valence-corrected chi connectivity index (χ0v) is 11.4. The molecule has 0 heterocycles. The van der Waals surface area contributed by atoms with Gasteiger partial charge in [-0.15, -0.1) is 0 Å². The first-order valence-corrected chi connectivity index (χ1v) is 6.13. The number of carbonyl (C=O) groups is 1. The number of ketones is 1. The third-order valence-electron chi connectivity index (χ3n) is 2.55. The molecule has 82 valence electrons. The van der Waals surface area contributed by atoms with Gasteiger partial charge in [0.15, 0.2) is 0 Å². The van der Waals surface area contributed by atoms with Gasteiger partial charge in [-0.3, -0.25) is 4.79 Å². The van der Waals surface area contributed by atoms with E-state index in [1.807, 2.05) is 32.0 Å². The van der Waals surface area contributed by atoms with Gasteiger partial charge in [-0.2, -0.15) is 0 Å². The lowest BCUT2D eigenvalue weighted by Gasteiger charge is -2.16. The Morgan fingerprint density at radius 2 is 2.07 bits per heavy atom. The van der Waals surface area contributed by atoms with Crippen molar-refractivity contribution in [1.82, 2.24) is 0 Å². The van der Waals surface area contributed by atoms with Crippen molar-refractivity contribution in [2.45, 2.75) is 31.5 Å². The molecule has 0 spiro atoms. The highest BCUT2D eigenvalue weighted by atomic mass is 79.9. The van der Waals surface area contributed by atoms with Gasteiger partial charge in [0, 0.05) is 10.9 Å². The van der Waals surface area contributed by atoms with Crippen LogP contribution in [0.2, 0.25) is 5.02 Å². The van der Waals surface area contributed by atoms with E-state index in [-0.39, 0.29) is 16.5 Å². The van der Waals surface area contributed by atoms with Crippen LogP contribution in [0.15, 0.2) is 18.2 Å². The molecule has 2 atom stereocenters. The van der Waals surface area contributed by atoms with Crippen LogP contribution in [-0.2, 0) is 4.79 Å². The Labute approximate surface area is 104 Å². The minimum atomic E-state index is -0.142. The molecule has 0 amide bonds. The average Bonchev–Trinajstić information content (AvgIpc) is 2.19. The molecule has 0 fully saturated rings. The van der Waals surface area contributed by atoms with E-state index in [0.717, 1.165) is 16.1 Å². The zero-order chi connectivity index (χ0) is 11.6. The van der Waals surface area contributed by atoms with Gasteiger partial charge < -0.3 is 0 Å². The molecule has 0 bridgehead atoms. The summed E-state index contributed by atoms with van der Waals surface area (Å²) >= 11 is 9.44. The summed E-state index contributed by atoms with van der Waals surface area (Å²) in [5, 5.41) is 0.752. The molecule has 0 aliphatic carbocycles. The van der Waals surface area contributed by atoms with E-state index in [1.165, 1.54) is 0 Å². The lowest BCUT2D eigenvalue weighted by molar-refractivity contribution is -0.116. The molecule has 0 aromatic heterocycles. The lowest BCUT2D eigenvalue weighted by atomic mass is 9.95. The predicted octanol–water partition coefficient (Wildman–Crippen LogP) is 4.10. The van der Waals surface area contributed by atoms with Crippen LogP contribution in [0.1, 0.15) is 30.9 Å². The maximum absolute atomic E-state index is 11.2. The molecule has 1 nitrogen and oxygen atoms in total. The van der Waals surface area contributed by atoms with Crippen LogP contribution in [0.5, 0.6) is 0 Å². The van der Waals surface area contributed by atoms with Crippen molar-refractivity contribution in [3.63, 3.8) is 0 Å². The van der Waals surface area contributed by atoms with Crippen molar-refractivity contribution in [2.75, 3.05) is 0 Å². The minimum Gasteiger partial charge on any atom is -0.299 e. The molecule has 15 heavy (non-hydrogen) atoms. The Kier molecular flexibility index (Phi) is 4.35. The van der Waals surface area contributed by atoms with Gasteiger partial charge in [-0.25, -0.2) is 0 Å². The molecule has 0 radical (unpaired) electrons. The fourth-order valence-corrected chi connectivity index (χ4v) is 1.91. The van der Waals surface area contributed by atoms with E-state index in [9.17, 15) is 4.79 Å². The Bertz CT molecular complexity index is 376. The maximum Gasteiger partial charge on any atom is 0.144 e. The topological polar surface area (TPSA) is 17.1 Å². The van der Waals surface area contributed by atoms with E-state index in [1.54, 1.807) is 6.92 Å². The van der Waals surface area contributed by atoms with Crippen LogP contribution < -0.4 is 0 Å². The molecular weight excluding hydrogens is 275 g/mol. The largest absolute Gasteiger partial charge is 0.299 e. The third-order valence-corrected chi connectivity index (χ3v) is 4.39. The molecule has 0 saturated heterocycles. The maximum atomic E-state index is 11.2. The van der Waals surface area contributed by atoms with Gasteiger partial charge in [0.1, 0.15) is 5.78 Å². The second-order valence-corrected chi connectivity index (χ2v) is 5.20. The fourth-order valence-electron chi connectivity index (χ4n) is 1.41. The van der Waals surface area contributed by atoms with Crippen LogP contribution in [0.3, 0.4) is 0 Å². The third kappa shape index (κ3) is 3.05. The molecule has 0 saturated carbocycles. The van der Waals surface area contributed by atoms with Crippen molar-refractivity contribution in [2.24, 2.45) is 0 Å². The summed E-state index contributed by atoms with van der Waals surface area (Å²) in [6, 6.07) is 5.93. The molecule has 1 rings (SSSR count). The Balaban J connectivity index is 2.96. The van der Waals surface area contributed by atoms with Gasteiger partial charge in [0.25, 0.3) is 0 Å². The van der Waals surface area contributed by atoms with E-state index < -0.39 is 0 Å². The quantitative estimate of drug-likeness (QED) is 0.766. The first-order valence-electron chi connectivity index (χ1n) is 4.84. The Hall–Kier alpha value is -0.340. The second-order valence-electron chi connectivity index (χ2n) is 3.81. The van der Waals surface area contributed by atoms with Crippen LogP contribution in [0, 0.1) is 6.92 Å². The van der Waals surface area contributed by atoms with Crippen molar-refractivity contribution in [1.29, 1.82) is 0 Å². The van der Waals surface area contributed by atoms with Crippen LogP contribution in [0.25, 0.3) is 0 Å². The number of alkyl halides is 1. The summed E-state index contributed by atoms with van der Waals surface area (Å²) in [5.74, 6) is 0.278. The van der Waals surface area contributed by atoms with Crippen molar-refractivity contribution in [3.8, 4) is 0 Å². The summed E-state index contributed by atoms with van der Waals surface area (Å²) in [5.41, 5.74) is 2.14. The highest BCUT2D eigenvalue weighted by Crippen LogP contribution is 2.28. The van der Waals surface area contributed by atoms with Gasteiger partial charge in [-0.1, -0.05) is 46.6 Å². The molecule has 0 aliphatic rings. The number of aryl methyl sites for hydroxylation is 1. The number of halogens is 2. The number of hydrogen-bond acceptors (Lipinski definition) is 1. The minimum absolute atomic E-state index is 0.138. The molecule has 1 aromatic rings. The van der Waals surface area contributed by atoms with E-state index in [0.29, 0.717) is 0 Å². The predicted molar refractivity (Wildman–Crippen MR) is 68.0 cm³/mol. The van der Waals surface area contributed by atoms with Crippen LogP contribution >= 0.6 is 27.5 Å². The zero-order valence-electron chi connectivity index (χ0n) is 9.05. The lowest BCUT2D eigenvalue weighted by Crippen LogP contribution is -2.17. The van der Waals surface area contributed by atoms with Crippen LogP contribution in [0.4, 0.5) is 0 Å². The summed E-state index contributed by atoms with van der Waals surface area (Å²) in [4.78, 5) is 11.1. The highest BCUT2D eigenvalue weighted by Gasteiger charge is 2.20. The second kappa shape index (κ2) is 5.13. The monoisotopic (exact) mass is 288 g/mol. The number of hydrogen-bond donors (Lipinski definition) is 0. The van der Waals surface area contributed by atoms with Gasteiger partial charge >= 0.3 is 0 Å². The van der Waals surface area contributed by atoms with Crippen LogP contribution in [-0.4, -0.2) is 10.6 Å². The first kappa shape index (κ1) is 12.7. The van der Waals surface area contributed by atoms with Gasteiger partial charge in [0.2, 0.25) is 0 Å². The van der Waals surface area contributed by atoms with Crippen molar-refractivity contribution >= 4 is 33.3 Å².